The molecular weight excluding hydrogens is 288 g/mol. The zero-order valence-electron chi connectivity index (χ0n) is 15.9. The smallest absolute Gasteiger partial charge is 0.0181 e. The van der Waals surface area contributed by atoms with E-state index in [1.807, 2.05) is 0 Å². The average Bonchev–Trinajstić information content (AvgIpc) is 2.62. The molecule has 132 valence electrons. The number of hydrogen-bond acceptors (Lipinski definition) is 0. The summed E-state index contributed by atoms with van der Waals surface area (Å²) in [7, 11) is 0. The van der Waals surface area contributed by atoms with Crippen LogP contribution in [0.25, 0.3) is 10.8 Å². The van der Waals surface area contributed by atoms with Gasteiger partial charge in [-0.15, -0.1) is 0 Å². The molecule has 0 saturated carbocycles. The van der Waals surface area contributed by atoms with Crippen LogP contribution in [0.4, 0.5) is 0 Å². The van der Waals surface area contributed by atoms with Gasteiger partial charge in [0.15, 0.2) is 0 Å². The van der Waals surface area contributed by atoms with Crippen molar-refractivity contribution in [3.63, 3.8) is 0 Å². The lowest BCUT2D eigenvalue weighted by Gasteiger charge is -2.13. The molecule has 2 aromatic carbocycles. The average molecular weight is 325 g/mol. The third-order valence-electron chi connectivity index (χ3n) is 5.33. The maximum Gasteiger partial charge on any atom is -0.0181 e. The summed E-state index contributed by atoms with van der Waals surface area (Å²) < 4.78 is 0. The van der Waals surface area contributed by atoms with Crippen LogP contribution in [0.1, 0.15) is 96.0 Å². The molecule has 0 bridgehead atoms. The summed E-state index contributed by atoms with van der Waals surface area (Å²) in [4.78, 5) is 0. The van der Waals surface area contributed by atoms with Gasteiger partial charge in [-0.1, -0.05) is 121 Å². The molecule has 2 aromatic rings. The highest BCUT2D eigenvalue weighted by Gasteiger charge is 2.06. The molecule has 0 N–H and O–H groups in total. The van der Waals surface area contributed by atoms with Crippen LogP contribution >= 0.6 is 0 Å². The van der Waals surface area contributed by atoms with Gasteiger partial charge < -0.3 is 0 Å². The van der Waals surface area contributed by atoms with Crippen molar-refractivity contribution in [2.24, 2.45) is 0 Å². The van der Waals surface area contributed by atoms with Crippen LogP contribution in [0, 0.1) is 0 Å². The summed E-state index contributed by atoms with van der Waals surface area (Å²) in [6, 6.07) is 15.7. The fourth-order valence-corrected chi connectivity index (χ4v) is 3.62. The maximum atomic E-state index is 2.39. The highest BCUT2D eigenvalue weighted by atomic mass is 14.1. The minimum atomic E-state index is 0.684. The summed E-state index contributed by atoms with van der Waals surface area (Å²) in [5.74, 6) is 0.684. The van der Waals surface area contributed by atoms with Crippen LogP contribution in [0.2, 0.25) is 0 Å². The van der Waals surface area contributed by atoms with Crippen LogP contribution in [0.5, 0.6) is 0 Å². The summed E-state index contributed by atoms with van der Waals surface area (Å²) in [6.45, 7) is 4.68. The van der Waals surface area contributed by atoms with Gasteiger partial charge >= 0.3 is 0 Å². The molecule has 24 heavy (non-hydrogen) atoms. The molecule has 0 aliphatic carbocycles. The SMILES string of the molecule is CCCCCCCCCCCCC(C)c1ccc2ccccc2c1. The molecule has 0 heterocycles. The Hall–Kier alpha value is -1.30. The minimum absolute atomic E-state index is 0.684. The van der Waals surface area contributed by atoms with Crippen molar-refractivity contribution in [3.05, 3.63) is 48.0 Å². The summed E-state index contributed by atoms with van der Waals surface area (Å²) >= 11 is 0. The highest BCUT2D eigenvalue weighted by Crippen LogP contribution is 2.25. The number of hydrogen-bond donors (Lipinski definition) is 0. The predicted octanol–water partition coefficient (Wildman–Crippen LogP) is 8.25. The van der Waals surface area contributed by atoms with Gasteiger partial charge in [-0.25, -0.2) is 0 Å². The van der Waals surface area contributed by atoms with Gasteiger partial charge in [0.25, 0.3) is 0 Å². The molecule has 2 rings (SSSR count). The van der Waals surface area contributed by atoms with Gasteiger partial charge in [0, 0.05) is 0 Å². The molecule has 1 unspecified atom stereocenters. The second-order valence-electron chi connectivity index (χ2n) is 7.48. The Morgan fingerprint density at radius 2 is 1.25 bits per heavy atom. The Morgan fingerprint density at radius 3 is 1.92 bits per heavy atom. The van der Waals surface area contributed by atoms with E-state index < -0.39 is 0 Å². The minimum Gasteiger partial charge on any atom is -0.0654 e. The normalized spacial score (nSPS) is 12.6. The van der Waals surface area contributed by atoms with Gasteiger partial charge in [-0.05, 0) is 28.7 Å². The van der Waals surface area contributed by atoms with Crippen molar-refractivity contribution >= 4 is 10.8 Å². The van der Waals surface area contributed by atoms with Crippen molar-refractivity contribution in [2.45, 2.75) is 90.4 Å². The lowest BCUT2D eigenvalue weighted by molar-refractivity contribution is 0.535. The first kappa shape index (κ1) is 19.0. The molecule has 1 atom stereocenters. The second kappa shape index (κ2) is 11.3. The van der Waals surface area contributed by atoms with Crippen molar-refractivity contribution in [1.82, 2.24) is 0 Å². The van der Waals surface area contributed by atoms with E-state index in [-0.39, 0.29) is 0 Å². The van der Waals surface area contributed by atoms with Gasteiger partial charge in [0.1, 0.15) is 0 Å². The van der Waals surface area contributed by atoms with E-state index in [9.17, 15) is 0 Å². The standard InChI is InChI=1S/C24H36/c1-3-4-5-6-7-8-9-10-11-12-15-21(2)23-19-18-22-16-13-14-17-24(22)20-23/h13-14,16-21H,3-12,15H2,1-2H3. The Balaban J connectivity index is 1.58. The monoisotopic (exact) mass is 324 g/mol. The first-order valence-electron chi connectivity index (χ1n) is 10.3. The number of fused-ring (bicyclic) bond motifs is 1. The van der Waals surface area contributed by atoms with Crippen molar-refractivity contribution < 1.29 is 0 Å². The van der Waals surface area contributed by atoms with E-state index in [0.717, 1.165) is 0 Å². The Kier molecular flexibility index (Phi) is 8.95. The first-order valence-corrected chi connectivity index (χ1v) is 10.3. The molecule has 0 aromatic heterocycles. The van der Waals surface area contributed by atoms with Crippen LogP contribution < -0.4 is 0 Å². The Morgan fingerprint density at radius 1 is 0.667 bits per heavy atom. The zero-order chi connectivity index (χ0) is 17.0. The molecular formula is C24H36. The summed E-state index contributed by atoms with van der Waals surface area (Å²) in [5, 5.41) is 2.73. The third-order valence-corrected chi connectivity index (χ3v) is 5.33. The molecule has 0 radical (unpaired) electrons. The number of benzene rings is 2. The van der Waals surface area contributed by atoms with E-state index in [2.05, 4.69) is 56.3 Å². The van der Waals surface area contributed by atoms with E-state index in [1.165, 1.54) is 87.0 Å². The molecule has 0 aliphatic rings. The van der Waals surface area contributed by atoms with E-state index in [4.69, 9.17) is 0 Å². The Bertz CT molecular complexity index is 569. The molecule has 0 spiro atoms. The molecule has 0 nitrogen and oxygen atoms in total. The number of unbranched alkanes of at least 4 members (excludes halogenated alkanes) is 9. The van der Waals surface area contributed by atoms with Crippen molar-refractivity contribution in [1.29, 1.82) is 0 Å². The van der Waals surface area contributed by atoms with Crippen LogP contribution in [0.3, 0.4) is 0 Å². The lowest BCUT2D eigenvalue weighted by Crippen LogP contribution is -1.94. The van der Waals surface area contributed by atoms with Gasteiger partial charge in [0.05, 0.1) is 0 Å². The van der Waals surface area contributed by atoms with Gasteiger partial charge in [-0.2, -0.15) is 0 Å². The topological polar surface area (TPSA) is 0 Å². The fraction of sp³-hybridized carbons (Fsp3) is 0.583. The maximum absolute atomic E-state index is 2.39. The lowest BCUT2D eigenvalue weighted by atomic mass is 9.93. The molecule has 0 amide bonds. The largest absolute Gasteiger partial charge is 0.0654 e. The molecule has 0 saturated heterocycles. The molecule has 0 fully saturated rings. The highest BCUT2D eigenvalue weighted by molar-refractivity contribution is 5.83. The third kappa shape index (κ3) is 6.67. The van der Waals surface area contributed by atoms with Gasteiger partial charge in [0.2, 0.25) is 0 Å². The van der Waals surface area contributed by atoms with Crippen LogP contribution in [-0.4, -0.2) is 0 Å². The molecule has 0 heteroatoms. The predicted molar refractivity (Wildman–Crippen MR) is 109 cm³/mol. The molecule has 0 aliphatic heterocycles. The number of rotatable bonds is 12. The van der Waals surface area contributed by atoms with Gasteiger partial charge in [-0.3, -0.25) is 0 Å². The van der Waals surface area contributed by atoms with Crippen molar-refractivity contribution in [3.8, 4) is 0 Å². The quantitative estimate of drug-likeness (QED) is 0.345. The zero-order valence-corrected chi connectivity index (χ0v) is 15.9. The van der Waals surface area contributed by atoms with Crippen LogP contribution in [0.15, 0.2) is 42.5 Å². The fourth-order valence-electron chi connectivity index (χ4n) is 3.62. The van der Waals surface area contributed by atoms with E-state index in [0.29, 0.717) is 5.92 Å². The summed E-state index contributed by atoms with van der Waals surface area (Å²) in [5.41, 5.74) is 1.50. The van der Waals surface area contributed by atoms with Crippen LogP contribution in [-0.2, 0) is 0 Å². The first-order chi connectivity index (χ1) is 11.8. The Labute approximate surface area is 149 Å². The van der Waals surface area contributed by atoms with Crippen molar-refractivity contribution in [2.75, 3.05) is 0 Å². The second-order valence-corrected chi connectivity index (χ2v) is 7.48. The summed E-state index contributed by atoms with van der Waals surface area (Å²) in [6.07, 6.45) is 15.6. The van der Waals surface area contributed by atoms with E-state index in [1.54, 1.807) is 0 Å². The van der Waals surface area contributed by atoms with E-state index >= 15 is 0 Å².